The molecule has 0 radical (unpaired) electrons. The number of primary amides is 1. The molecule has 0 aliphatic carbocycles. The molecule has 1 aromatic carbocycles. The van der Waals surface area contributed by atoms with E-state index in [2.05, 4.69) is 0 Å². The fourth-order valence-corrected chi connectivity index (χ4v) is 1.87. The van der Waals surface area contributed by atoms with E-state index >= 15 is 0 Å². The first-order valence-corrected chi connectivity index (χ1v) is 5.26. The van der Waals surface area contributed by atoms with Crippen LogP contribution in [0.4, 0.5) is 0 Å². The van der Waals surface area contributed by atoms with Crippen LogP contribution in [-0.2, 0) is 9.53 Å². The molecule has 1 amide bonds. The maximum Gasteiger partial charge on any atom is 0.227 e. The number of amides is 1. The van der Waals surface area contributed by atoms with E-state index in [9.17, 15) is 4.79 Å². The van der Waals surface area contributed by atoms with Crippen LogP contribution >= 0.6 is 11.8 Å². The average Bonchev–Trinajstić information content (AvgIpc) is 2.20. The molecule has 14 heavy (non-hydrogen) atoms. The van der Waals surface area contributed by atoms with E-state index in [-0.39, 0.29) is 17.1 Å². The molecular weight excluding hydrogens is 198 g/mol. The van der Waals surface area contributed by atoms with Crippen molar-refractivity contribution in [2.45, 2.75) is 5.44 Å². The van der Waals surface area contributed by atoms with E-state index in [1.54, 1.807) is 7.11 Å². The van der Waals surface area contributed by atoms with Crippen LogP contribution in [0.3, 0.4) is 0 Å². The third-order valence-electron chi connectivity index (χ3n) is 1.66. The Balaban J connectivity index is 2.58. The fraction of sp³-hybridized carbons (Fsp3) is 0.300. The smallest absolute Gasteiger partial charge is 0.227 e. The Morgan fingerprint density at radius 1 is 1.50 bits per heavy atom. The van der Waals surface area contributed by atoms with E-state index in [4.69, 9.17) is 10.5 Å². The first kappa shape index (κ1) is 11.1. The van der Waals surface area contributed by atoms with Gasteiger partial charge in [0, 0.05) is 7.11 Å². The molecule has 2 N–H and O–H groups in total. The quantitative estimate of drug-likeness (QED) is 0.752. The average molecular weight is 211 g/mol. The summed E-state index contributed by atoms with van der Waals surface area (Å²) in [7, 11) is 1.62. The maximum atomic E-state index is 10.6. The molecular formula is C10H13NO2S. The zero-order valence-corrected chi connectivity index (χ0v) is 8.79. The molecule has 0 fully saturated rings. The first-order chi connectivity index (χ1) is 6.74. The van der Waals surface area contributed by atoms with Gasteiger partial charge in [-0.3, -0.25) is 4.79 Å². The number of hydrogen-bond donors (Lipinski definition) is 1. The Morgan fingerprint density at radius 3 is 2.64 bits per heavy atom. The van der Waals surface area contributed by atoms with Crippen molar-refractivity contribution in [2.75, 3.05) is 12.9 Å². The van der Waals surface area contributed by atoms with E-state index < -0.39 is 0 Å². The Bertz CT molecular complexity index is 289. The lowest BCUT2D eigenvalue weighted by Crippen LogP contribution is -2.14. The van der Waals surface area contributed by atoms with Crippen molar-refractivity contribution in [2.24, 2.45) is 5.73 Å². The molecule has 1 unspecified atom stereocenters. The highest BCUT2D eigenvalue weighted by molar-refractivity contribution is 8.00. The predicted octanol–water partition coefficient (Wildman–Crippen LogP) is 1.55. The van der Waals surface area contributed by atoms with Gasteiger partial charge in [-0.15, -0.1) is 11.8 Å². The summed E-state index contributed by atoms with van der Waals surface area (Å²) in [6.45, 7) is 0. The molecule has 1 rings (SSSR count). The summed E-state index contributed by atoms with van der Waals surface area (Å²) in [6, 6.07) is 9.73. The second-order valence-corrected chi connectivity index (χ2v) is 3.81. The molecule has 3 nitrogen and oxygen atoms in total. The summed E-state index contributed by atoms with van der Waals surface area (Å²) in [5.41, 5.74) is 5.98. The van der Waals surface area contributed by atoms with E-state index in [1.807, 2.05) is 30.3 Å². The van der Waals surface area contributed by atoms with Gasteiger partial charge in [-0.2, -0.15) is 0 Å². The molecule has 4 heteroatoms. The zero-order chi connectivity index (χ0) is 10.4. The van der Waals surface area contributed by atoms with Gasteiger partial charge in [-0.25, -0.2) is 0 Å². The topological polar surface area (TPSA) is 52.3 Å². The van der Waals surface area contributed by atoms with Crippen LogP contribution in [0.25, 0.3) is 0 Å². The lowest BCUT2D eigenvalue weighted by atomic mass is 10.2. The Morgan fingerprint density at radius 2 is 2.14 bits per heavy atom. The molecule has 0 spiro atoms. The third kappa shape index (κ3) is 3.40. The number of rotatable bonds is 5. The van der Waals surface area contributed by atoms with Crippen LogP contribution in [0, 0.1) is 0 Å². The van der Waals surface area contributed by atoms with Crippen LogP contribution in [0.2, 0.25) is 0 Å². The molecule has 0 aliphatic rings. The molecule has 0 aliphatic heterocycles. The summed E-state index contributed by atoms with van der Waals surface area (Å²) in [5.74, 6) is -0.0547. The van der Waals surface area contributed by atoms with Crippen LogP contribution in [0.1, 0.15) is 11.0 Å². The van der Waals surface area contributed by atoms with Gasteiger partial charge in [0.1, 0.15) is 5.44 Å². The van der Waals surface area contributed by atoms with Crippen molar-refractivity contribution in [3.8, 4) is 0 Å². The fourth-order valence-electron chi connectivity index (χ4n) is 1.07. The first-order valence-electron chi connectivity index (χ1n) is 4.21. The van der Waals surface area contributed by atoms with Gasteiger partial charge in [-0.1, -0.05) is 30.3 Å². The van der Waals surface area contributed by atoms with Crippen molar-refractivity contribution >= 4 is 17.7 Å². The summed E-state index contributed by atoms with van der Waals surface area (Å²) in [4.78, 5) is 10.6. The SMILES string of the molecule is COC(SCC(N)=O)c1ccccc1. The number of hydrogen-bond acceptors (Lipinski definition) is 3. The lowest BCUT2D eigenvalue weighted by Gasteiger charge is -2.13. The second-order valence-electron chi connectivity index (χ2n) is 2.76. The van der Waals surface area contributed by atoms with Crippen LogP contribution in [-0.4, -0.2) is 18.8 Å². The van der Waals surface area contributed by atoms with E-state index in [0.717, 1.165) is 5.56 Å². The van der Waals surface area contributed by atoms with Gasteiger partial charge < -0.3 is 10.5 Å². The van der Waals surface area contributed by atoms with Crippen LogP contribution < -0.4 is 5.73 Å². The molecule has 0 bridgehead atoms. The summed E-state index contributed by atoms with van der Waals surface area (Å²) in [6.07, 6.45) is 0. The Kier molecular flexibility index (Phi) is 4.49. The zero-order valence-electron chi connectivity index (χ0n) is 7.97. The standard InChI is InChI=1S/C10H13NO2S/c1-13-10(14-7-9(11)12)8-5-3-2-4-6-8/h2-6,10H,7H2,1H3,(H2,11,12). The molecule has 0 saturated carbocycles. The normalized spacial score (nSPS) is 12.4. The summed E-state index contributed by atoms with van der Waals surface area (Å²) in [5, 5.41) is 0. The van der Waals surface area contributed by atoms with Crippen LogP contribution in [0.5, 0.6) is 0 Å². The van der Waals surface area contributed by atoms with E-state index in [0.29, 0.717) is 0 Å². The molecule has 1 aromatic rings. The summed E-state index contributed by atoms with van der Waals surface area (Å²) >= 11 is 1.39. The maximum absolute atomic E-state index is 10.6. The minimum atomic E-state index is -0.326. The monoisotopic (exact) mass is 211 g/mol. The lowest BCUT2D eigenvalue weighted by molar-refractivity contribution is -0.115. The van der Waals surface area contributed by atoms with Crippen molar-refractivity contribution in [3.63, 3.8) is 0 Å². The number of methoxy groups -OCH3 is 1. The van der Waals surface area contributed by atoms with Gasteiger partial charge in [0.15, 0.2) is 0 Å². The Labute approximate surface area is 87.6 Å². The number of thioether (sulfide) groups is 1. The molecule has 0 saturated heterocycles. The molecule has 76 valence electrons. The highest BCUT2D eigenvalue weighted by Crippen LogP contribution is 2.28. The minimum Gasteiger partial charge on any atom is -0.369 e. The van der Waals surface area contributed by atoms with Gasteiger partial charge in [-0.05, 0) is 5.56 Å². The number of carbonyl (C=O) groups excluding carboxylic acids is 1. The van der Waals surface area contributed by atoms with Crippen molar-refractivity contribution in [1.29, 1.82) is 0 Å². The highest BCUT2D eigenvalue weighted by atomic mass is 32.2. The number of nitrogens with two attached hydrogens (primary N) is 1. The Hall–Kier alpha value is -1.00. The van der Waals surface area contributed by atoms with Crippen molar-refractivity contribution < 1.29 is 9.53 Å². The van der Waals surface area contributed by atoms with E-state index in [1.165, 1.54) is 11.8 Å². The second kappa shape index (κ2) is 5.67. The van der Waals surface area contributed by atoms with Gasteiger partial charge in [0.2, 0.25) is 5.91 Å². The van der Waals surface area contributed by atoms with Gasteiger partial charge in [0.25, 0.3) is 0 Å². The number of carbonyl (C=O) groups is 1. The van der Waals surface area contributed by atoms with Crippen LogP contribution in [0.15, 0.2) is 30.3 Å². The number of benzene rings is 1. The molecule has 0 heterocycles. The summed E-state index contributed by atoms with van der Waals surface area (Å²) < 4.78 is 5.24. The largest absolute Gasteiger partial charge is 0.369 e. The predicted molar refractivity (Wildman–Crippen MR) is 57.8 cm³/mol. The number of ether oxygens (including phenoxy) is 1. The van der Waals surface area contributed by atoms with Crippen molar-refractivity contribution in [3.05, 3.63) is 35.9 Å². The third-order valence-corrected chi connectivity index (χ3v) is 2.88. The molecule has 1 atom stereocenters. The highest BCUT2D eigenvalue weighted by Gasteiger charge is 2.11. The van der Waals surface area contributed by atoms with Gasteiger partial charge >= 0.3 is 0 Å². The minimum absolute atomic E-state index is 0.122. The van der Waals surface area contributed by atoms with Crippen molar-refractivity contribution in [1.82, 2.24) is 0 Å². The van der Waals surface area contributed by atoms with Gasteiger partial charge in [0.05, 0.1) is 5.75 Å². The molecule has 0 aromatic heterocycles.